The van der Waals surface area contributed by atoms with Crippen LogP contribution in [0.25, 0.3) is 0 Å². The van der Waals surface area contributed by atoms with Crippen molar-refractivity contribution in [1.29, 1.82) is 0 Å². The molecule has 0 bridgehead atoms. The summed E-state index contributed by atoms with van der Waals surface area (Å²) in [6, 6.07) is 7.90. The fourth-order valence-corrected chi connectivity index (χ4v) is 2.06. The second-order valence-corrected chi connectivity index (χ2v) is 7.33. The van der Waals surface area contributed by atoms with Crippen LogP contribution in [0.3, 0.4) is 0 Å². The summed E-state index contributed by atoms with van der Waals surface area (Å²) in [5.41, 5.74) is 1.41. The van der Waals surface area contributed by atoms with Gasteiger partial charge in [-0.2, -0.15) is 0 Å². The fraction of sp³-hybridized carbons (Fsp3) is 0.462. The quantitative estimate of drug-likeness (QED) is 0.588. The zero-order valence-electron chi connectivity index (χ0n) is 10.2. The van der Waals surface area contributed by atoms with Gasteiger partial charge in [0, 0.05) is 0 Å². The molecule has 2 nitrogen and oxygen atoms in total. The number of hydrogen-bond acceptors (Lipinski definition) is 2. The van der Waals surface area contributed by atoms with E-state index >= 15 is 0 Å². The Hall–Kier alpha value is -0.350. The number of hydrogen-bond donors (Lipinski definition) is 0. The fourth-order valence-electron chi connectivity index (χ4n) is 1.49. The van der Waals surface area contributed by atoms with E-state index in [1.165, 1.54) is 0 Å². The Kier molecular flexibility index (Phi) is 5.20. The van der Waals surface area contributed by atoms with E-state index in [9.17, 15) is 4.79 Å². The van der Waals surface area contributed by atoms with Gasteiger partial charge in [0.25, 0.3) is 0 Å². The third-order valence-corrected chi connectivity index (χ3v) is 3.70. The van der Waals surface area contributed by atoms with Gasteiger partial charge in [-0.05, 0) is 31.9 Å². The van der Waals surface area contributed by atoms with Crippen LogP contribution in [0.5, 0.6) is 0 Å². The van der Waals surface area contributed by atoms with E-state index in [2.05, 4.69) is 31.9 Å². The molecular formula is C13H16Br2O2. The highest BCUT2D eigenvalue weighted by Crippen LogP contribution is 2.33. The molecular weight excluding hydrogens is 348 g/mol. The number of carbonyl (C=O) groups is 1. The number of alkyl halides is 2. The van der Waals surface area contributed by atoms with E-state index in [-0.39, 0.29) is 9.71 Å². The van der Waals surface area contributed by atoms with Crippen LogP contribution in [-0.4, -0.2) is 12.6 Å². The van der Waals surface area contributed by atoms with Crippen LogP contribution in [0.15, 0.2) is 24.3 Å². The van der Waals surface area contributed by atoms with Crippen LogP contribution in [0.2, 0.25) is 0 Å². The first-order valence-electron chi connectivity index (χ1n) is 5.45. The molecule has 1 aromatic rings. The zero-order valence-corrected chi connectivity index (χ0v) is 13.3. The van der Waals surface area contributed by atoms with Gasteiger partial charge in [-0.15, -0.1) is 0 Å². The molecule has 0 aliphatic heterocycles. The summed E-state index contributed by atoms with van der Waals surface area (Å²) in [4.78, 5) is 11.9. The van der Waals surface area contributed by atoms with Gasteiger partial charge >= 0.3 is 5.97 Å². The number of ether oxygens (including phenoxy) is 1. The molecule has 1 aromatic carbocycles. The van der Waals surface area contributed by atoms with Crippen LogP contribution < -0.4 is 0 Å². The smallest absolute Gasteiger partial charge is 0.315 e. The lowest BCUT2D eigenvalue weighted by Crippen LogP contribution is -2.31. The largest absolute Gasteiger partial charge is 0.465 e. The van der Waals surface area contributed by atoms with Gasteiger partial charge in [0.1, 0.15) is 0 Å². The molecule has 0 radical (unpaired) electrons. The monoisotopic (exact) mass is 362 g/mol. The molecule has 4 heteroatoms. The van der Waals surface area contributed by atoms with E-state index in [0.29, 0.717) is 6.61 Å². The lowest BCUT2D eigenvalue weighted by molar-refractivity contribution is -0.148. The molecule has 1 rings (SSSR count). The number of esters is 1. The summed E-state index contributed by atoms with van der Waals surface area (Å²) in [6.45, 7) is 5.97. The minimum atomic E-state index is -0.624. The highest BCUT2D eigenvalue weighted by molar-refractivity contribution is 9.24. The topological polar surface area (TPSA) is 26.3 Å². The van der Waals surface area contributed by atoms with Gasteiger partial charge in [0.2, 0.25) is 0 Å². The van der Waals surface area contributed by atoms with Crippen molar-refractivity contribution in [3.05, 3.63) is 35.4 Å². The first-order chi connectivity index (χ1) is 7.89. The van der Waals surface area contributed by atoms with E-state index in [1.807, 2.05) is 45.0 Å². The van der Waals surface area contributed by atoms with Gasteiger partial charge in [-0.1, -0.05) is 56.1 Å². The summed E-state index contributed by atoms with van der Waals surface area (Å²) in [5.74, 6) is -0.196. The number of rotatable bonds is 4. The van der Waals surface area contributed by atoms with Gasteiger partial charge in [0.05, 0.1) is 15.8 Å². The van der Waals surface area contributed by atoms with Crippen molar-refractivity contribution in [3.63, 3.8) is 0 Å². The van der Waals surface area contributed by atoms with Crippen molar-refractivity contribution < 1.29 is 9.53 Å². The Bertz CT molecular complexity index is 400. The lowest BCUT2D eigenvalue weighted by Gasteiger charge is -2.23. The first-order valence-corrected chi connectivity index (χ1v) is 7.28. The SMILES string of the molecule is CCOC(=O)C(C)(C)c1cccc(C(Br)Br)c1. The van der Waals surface area contributed by atoms with Crippen molar-refractivity contribution in [3.8, 4) is 0 Å². The van der Waals surface area contributed by atoms with Crippen molar-refractivity contribution in [2.24, 2.45) is 0 Å². The first kappa shape index (κ1) is 14.7. The molecule has 94 valence electrons. The number of halogens is 2. The molecule has 17 heavy (non-hydrogen) atoms. The van der Waals surface area contributed by atoms with Crippen LogP contribution in [0.1, 0.15) is 35.6 Å². The standard InChI is InChI=1S/C13H16Br2O2/c1-4-17-12(16)13(2,3)10-7-5-6-9(8-10)11(14)15/h5-8,11H,4H2,1-3H3. The van der Waals surface area contributed by atoms with Gasteiger partial charge in [-0.25, -0.2) is 0 Å². The second kappa shape index (κ2) is 6.01. The Labute approximate surface area is 119 Å². The minimum absolute atomic E-state index is 0.0907. The summed E-state index contributed by atoms with van der Waals surface area (Å²) < 4.78 is 5.19. The molecule has 0 atom stereocenters. The van der Waals surface area contributed by atoms with Crippen LogP contribution in [0.4, 0.5) is 0 Å². The Balaban J connectivity index is 3.06. The van der Waals surface area contributed by atoms with Crippen molar-refractivity contribution >= 4 is 37.8 Å². The summed E-state index contributed by atoms with van der Waals surface area (Å²) in [6.07, 6.45) is 0. The zero-order chi connectivity index (χ0) is 13.1. The lowest BCUT2D eigenvalue weighted by atomic mass is 9.84. The maximum absolute atomic E-state index is 11.9. The van der Waals surface area contributed by atoms with Gasteiger partial charge in [-0.3, -0.25) is 4.79 Å². The third kappa shape index (κ3) is 3.55. The summed E-state index contributed by atoms with van der Waals surface area (Å²) in [5, 5.41) is 0. The number of benzene rings is 1. The molecule has 0 amide bonds. The van der Waals surface area contributed by atoms with E-state index in [1.54, 1.807) is 0 Å². The second-order valence-electron chi connectivity index (χ2n) is 4.27. The summed E-state index contributed by atoms with van der Waals surface area (Å²) in [7, 11) is 0. The highest BCUT2D eigenvalue weighted by Gasteiger charge is 2.31. The number of carbonyl (C=O) groups excluding carboxylic acids is 1. The minimum Gasteiger partial charge on any atom is -0.465 e. The molecule has 0 aliphatic rings. The maximum Gasteiger partial charge on any atom is 0.315 e. The van der Waals surface area contributed by atoms with E-state index in [0.717, 1.165) is 11.1 Å². The molecule has 0 aromatic heterocycles. The Morgan fingerprint density at radius 1 is 1.41 bits per heavy atom. The van der Waals surface area contributed by atoms with Crippen LogP contribution >= 0.6 is 31.9 Å². The average Bonchev–Trinajstić information content (AvgIpc) is 2.29. The predicted octanol–water partition coefficient (Wildman–Crippen LogP) is 4.32. The van der Waals surface area contributed by atoms with Crippen LogP contribution in [-0.2, 0) is 14.9 Å². The Morgan fingerprint density at radius 3 is 2.59 bits per heavy atom. The van der Waals surface area contributed by atoms with Crippen molar-refractivity contribution in [2.75, 3.05) is 6.61 Å². The van der Waals surface area contributed by atoms with Gasteiger partial charge in [0.15, 0.2) is 0 Å². The molecule has 0 N–H and O–H groups in total. The Morgan fingerprint density at radius 2 is 2.06 bits per heavy atom. The molecule has 0 heterocycles. The highest BCUT2D eigenvalue weighted by atomic mass is 79.9. The molecule has 0 aliphatic carbocycles. The molecule has 0 saturated heterocycles. The molecule has 0 spiro atoms. The van der Waals surface area contributed by atoms with Crippen LogP contribution in [0, 0.1) is 0 Å². The average molecular weight is 364 g/mol. The van der Waals surface area contributed by atoms with E-state index < -0.39 is 5.41 Å². The predicted molar refractivity (Wildman–Crippen MR) is 76.7 cm³/mol. The maximum atomic E-state index is 11.9. The molecule has 0 unspecified atom stereocenters. The van der Waals surface area contributed by atoms with Gasteiger partial charge < -0.3 is 4.74 Å². The third-order valence-electron chi connectivity index (χ3n) is 2.65. The van der Waals surface area contributed by atoms with Crippen molar-refractivity contribution in [2.45, 2.75) is 29.9 Å². The molecule has 0 saturated carbocycles. The molecule has 0 fully saturated rings. The summed E-state index contributed by atoms with van der Waals surface area (Å²) >= 11 is 6.90. The van der Waals surface area contributed by atoms with E-state index in [4.69, 9.17) is 4.74 Å². The normalized spacial score (nSPS) is 11.6. The van der Waals surface area contributed by atoms with Crippen molar-refractivity contribution in [1.82, 2.24) is 0 Å².